The predicted octanol–water partition coefficient (Wildman–Crippen LogP) is 5.74. The van der Waals surface area contributed by atoms with Crippen molar-refractivity contribution in [3.8, 4) is 11.8 Å². The predicted molar refractivity (Wildman–Crippen MR) is 94.7 cm³/mol. The lowest BCUT2D eigenvalue weighted by molar-refractivity contribution is 0.508. The molecule has 0 aliphatic carbocycles. The fourth-order valence-electron chi connectivity index (χ4n) is 2.87. The Balaban J connectivity index is 1.76. The van der Waals surface area contributed by atoms with Gasteiger partial charge in [0, 0.05) is 14.4 Å². The maximum atomic E-state index is 13.1. The number of rotatable bonds is 5. The van der Waals surface area contributed by atoms with E-state index in [0.29, 0.717) is 11.5 Å². The Labute approximate surface area is 139 Å². The van der Waals surface area contributed by atoms with Gasteiger partial charge in [-0.1, -0.05) is 48.5 Å². The maximum absolute atomic E-state index is 13.1. The van der Waals surface area contributed by atoms with E-state index in [1.54, 1.807) is 0 Å². The molecule has 0 N–H and O–H groups in total. The Bertz CT molecular complexity index is 602. The molecular formula is C20H23F2Si. The summed E-state index contributed by atoms with van der Waals surface area (Å²) in [7, 11) is -0.129. The number of hydrogen-bond acceptors (Lipinski definition) is 0. The van der Waals surface area contributed by atoms with Crippen LogP contribution in [0, 0.1) is 29.4 Å². The SMILES string of the molecule is C=CCCC[Si]1CCC(C=CC#Cc2ccc(F)c(F)c2)CC1. The van der Waals surface area contributed by atoms with E-state index in [1.807, 2.05) is 12.2 Å². The fourth-order valence-corrected chi connectivity index (χ4v) is 5.88. The maximum Gasteiger partial charge on any atom is 0.160 e. The normalized spacial score (nSPS) is 16.3. The van der Waals surface area contributed by atoms with Gasteiger partial charge in [-0.3, -0.25) is 0 Å². The topological polar surface area (TPSA) is 0 Å². The lowest BCUT2D eigenvalue weighted by Gasteiger charge is -2.25. The molecule has 1 aliphatic heterocycles. The Kier molecular flexibility index (Phi) is 7.28. The molecule has 1 saturated heterocycles. The zero-order valence-corrected chi connectivity index (χ0v) is 14.5. The Hall–Kier alpha value is -1.66. The second-order valence-corrected chi connectivity index (χ2v) is 9.03. The van der Waals surface area contributed by atoms with E-state index in [4.69, 9.17) is 0 Å². The molecule has 1 aliphatic rings. The van der Waals surface area contributed by atoms with Crippen LogP contribution in [0.2, 0.25) is 18.1 Å². The van der Waals surface area contributed by atoms with Crippen LogP contribution >= 0.6 is 0 Å². The van der Waals surface area contributed by atoms with Gasteiger partial charge in [0.05, 0.1) is 0 Å². The highest BCUT2D eigenvalue weighted by atomic mass is 28.3. The minimum atomic E-state index is -0.848. The first-order valence-electron chi connectivity index (χ1n) is 8.26. The quantitative estimate of drug-likeness (QED) is 0.279. The number of hydrogen-bond donors (Lipinski definition) is 0. The van der Waals surface area contributed by atoms with E-state index in [9.17, 15) is 8.78 Å². The third kappa shape index (κ3) is 6.15. The summed E-state index contributed by atoms with van der Waals surface area (Å²) in [6.45, 7) is 3.78. The van der Waals surface area contributed by atoms with Gasteiger partial charge in [-0.15, -0.1) is 6.58 Å². The number of unbranched alkanes of at least 4 members (excludes halogenated alkanes) is 1. The van der Waals surface area contributed by atoms with Crippen molar-refractivity contribution in [2.75, 3.05) is 0 Å². The number of benzene rings is 1. The summed E-state index contributed by atoms with van der Waals surface area (Å²) in [5.41, 5.74) is 0.505. The Morgan fingerprint density at radius 3 is 2.70 bits per heavy atom. The van der Waals surface area contributed by atoms with Gasteiger partial charge in [0.1, 0.15) is 0 Å². The van der Waals surface area contributed by atoms with Crippen molar-refractivity contribution in [1.82, 2.24) is 0 Å². The number of allylic oxidation sites excluding steroid dienone is 3. The smallest absolute Gasteiger partial charge is 0.160 e. The van der Waals surface area contributed by atoms with Crippen molar-refractivity contribution in [2.45, 2.75) is 43.8 Å². The summed E-state index contributed by atoms with van der Waals surface area (Å²) in [5, 5.41) is 0. The van der Waals surface area contributed by atoms with Crippen LogP contribution in [0.5, 0.6) is 0 Å². The van der Waals surface area contributed by atoms with Crippen LogP contribution in [0.3, 0.4) is 0 Å². The van der Waals surface area contributed by atoms with Gasteiger partial charge >= 0.3 is 0 Å². The monoisotopic (exact) mass is 329 g/mol. The summed E-state index contributed by atoms with van der Waals surface area (Å²) >= 11 is 0. The molecule has 0 nitrogen and oxygen atoms in total. The summed E-state index contributed by atoms with van der Waals surface area (Å²) < 4.78 is 25.9. The molecular weight excluding hydrogens is 306 g/mol. The highest BCUT2D eigenvalue weighted by molar-refractivity contribution is 6.58. The molecule has 0 amide bonds. The lowest BCUT2D eigenvalue weighted by Crippen LogP contribution is -2.20. The zero-order chi connectivity index (χ0) is 16.5. The third-order valence-corrected chi connectivity index (χ3v) is 7.32. The lowest BCUT2D eigenvalue weighted by atomic mass is 10.0. The summed E-state index contributed by atoms with van der Waals surface area (Å²) in [6.07, 6.45) is 11.0. The molecule has 0 saturated carbocycles. The van der Waals surface area contributed by atoms with Gasteiger partial charge in [0.15, 0.2) is 11.6 Å². The standard InChI is InChI=1S/C20H23F2Si/c1-2-3-6-13-23-14-11-17(12-15-23)7-4-5-8-18-9-10-19(21)20(22)16-18/h2,4,7,9-10,16-17H,1,3,6,11-15H2. The molecule has 0 bridgehead atoms. The average Bonchev–Trinajstić information content (AvgIpc) is 2.56. The van der Waals surface area contributed by atoms with Gasteiger partial charge in [-0.05, 0) is 49.5 Å². The van der Waals surface area contributed by atoms with Crippen LogP contribution in [0.15, 0.2) is 43.0 Å². The summed E-state index contributed by atoms with van der Waals surface area (Å²) in [5.74, 6) is 4.72. The first-order chi connectivity index (χ1) is 11.2. The zero-order valence-electron chi connectivity index (χ0n) is 13.5. The molecule has 1 heterocycles. The van der Waals surface area contributed by atoms with Gasteiger partial charge in [0.2, 0.25) is 0 Å². The van der Waals surface area contributed by atoms with E-state index in [2.05, 4.69) is 24.5 Å². The van der Waals surface area contributed by atoms with Crippen molar-refractivity contribution in [3.05, 3.63) is 60.2 Å². The molecule has 3 heteroatoms. The van der Waals surface area contributed by atoms with E-state index < -0.39 is 11.6 Å². The molecule has 0 aromatic heterocycles. The van der Waals surface area contributed by atoms with E-state index in [0.717, 1.165) is 18.6 Å². The van der Waals surface area contributed by atoms with Gasteiger partial charge < -0.3 is 0 Å². The highest BCUT2D eigenvalue weighted by Crippen LogP contribution is 2.28. The van der Waals surface area contributed by atoms with Crippen LogP contribution in [0.25, 0.3) is 0 Å². The van der Waals surface area contributed by atoms with E-state index >= 15 is 0 Å². The molecule has 1 aromatic rings. The number of halogens is 2. The second kappa shape index (κ2) is 9.47. The molecule has 23 heavy (non-hydrogen) atoms. The average molecular weight is 329 g/mol. The van der Waals surface area contributed by atoms with Crippen molar-refractivity contribution < 1.29 is 8.78 Å². The summed E-state index contributed by atoms with van der Waals surface area (Å²) in [4.78, 5) is 0. The van der Waals surface area contributed by atoms with Crippen LogP contribution in [-0.2, 0) is 0 Å². The molecule has 1 fully saturated rings. The molecule has 2 rings (SSSR count). The van der Waals surface area contributed by atoms with Gasteiger partial charge in [0.25, 0.3) is 0 Å². The van der Waals surface area contributed by atoms with Gasteiger partial charge in [-0.2, -0.15) is 0 Å². The van der Waals surface area contributed by atoms with Crippen LogP contribution in [0.1, 0.15) is 31.2 Å². The molecule has 0 unspecified atom stereocenters. The van der Waals surface area contributed by atoms with Crippen molar-refractivity contribution in [2.24, 2.45) is 5.92 Å². The van der Waals surface area contributed by atoms with E-state index in [-0.39, 0.29) is 8.80 Å². The molecule has 1 aromatic carbocycles. The molecule has 0 spiro atoms. The Morgan fingerprint density at radius 1 is 1.22 bits per heavy atom. The summed E-state index contributed by atoms with van der Waals surface area (Å²) in [6, 6.07) is 7.95. The fraction of sp³-hybridized carbons (Fsp3) is 0.400. The second-order valence-electron chi connectivity index (χ2n) is 6.03. The van der Waals surface area contributed by atoms with Crippen LogP contribution < -0.4 is 0 Å². The molecule has 1 radical (unpaired) electrons. The van der Waals surface area contributed by atoms with E-state index in [1.165, 1.54) is 43.5 Å². The largest absolute Gasteiger partial charge is 0.204 e. The molecule has 0 atom stereocenters. The Morgan fingerprint density at radius 2 is 2.00 bits per heavy atom. The van der Waals surface area contributed by atoms with Crippen molar-refractivity contribution >= 4 is 8.80 Å². The van der Waals surface area contributed by atoms with Gasteiger partial charge in [-0.25, -0.2) is 8.78 Å². The van der Waals surface area contributed by atoms with Crippen molar-refractivity contribution in [1.29, 1.82) is 0 Å². The first kappa shape index (κ1) is 17.7. The van der Waals surface area contributed by atoms with Crippen molar-refractivity contribution in [3.63, 3.8) is 0 Å². The molecule has 121 valence electrons. The third-order valence-electron chi connectivity index (χ3n) is 4.26. The minimum absolute atomic E-state index is 0.129. The van der Waals surface area contributed by atoms with Crippen LogP contribution in [0.4, 0.5) is 8.78 Å². The van der Waals surface area contributed by atoms with Crippen LogP contribution in [-0.4, -0.2) is 8.80 Å². The highest BCUT2D eigenvalue weighted by Gasteiger charge is 2.20. The first-order valence-corrected chi connectivity index (χ1v) is 10.4. The minimum Gasteiger partial charge on any atom is -0.204 e.